The number of carbonyl (C=O) groups is 4. The quantitative estimate of drug-likeness (QED) is 0.149. The average Bonchev–Trinajstić information content (AvgIpc) is 4.01. The highest BCUT2D eigenvalue weighted by Crippen LogP contribution is 2.38. The molecule has 0 N–H and O–H groups in total. The molecule has 4 amide bonds. The third kappa shape index (κ3) is 8.20. The van der Waals surface area contributed by atoms with Crippen LogP contribution in [0.4, 0.5) is 0 Å². The van der Waals surface area contributed by atoms with E-state index in [1.165, 1.54) is 95.1 Å². The molecule has 2 aliphatic heterocycles. The number of carbonyl (C=O) groups excluding carboxylic acids is 4. The zero-order valence-corrected chi connectivity index (χ0v) is 44.1. The number of likely N-dealkylation sites (N-methyl/N-ethyl adjacent to an activating group) is 2. The van der Waals surface area contributed by atoms with Gasteiger partial charge in [-0.25, -0.2) is 0 Å². The van der Waals surface area contributed by atoms with Crippen molar-refractivity contribution < 1.29 is 19.2 Å². The van der Waals surface area contributed by atoms with Gasteiger partial charge in [0.1, 0.15) is 0 Å². The van der Waals surface area contributed by atoms with Gasteiger partial charge in [0.2, 0.25) is 0 Å². The number of aryl methyl sites for hydroxylation is 11. The Morgan fingerprint density at radius 1 is 0.329 bits per heavy atom. The molecule has 0 bridgehead atoms. The fourth-order valence-corrected chi connectivity index (χ4v) is 10.7. The SMILES string of the molecule is CC1=C(C)C(=O)N(C)C1=O.CC1=C(c2c(C)n(CCn3c(C)c(C)c4cc(C)ccc43)c3ccc(C)cc23)C(=O)N(C)C1=O.Cc1ccc2c(c1)c(C)c(C)n2CCn1c(C)c(C)c2cc(C)ccc21. The molecule has 10 rings (SSSR count). The molecule has 10 heteroatoms. The lowest BCUT2D eigenvalue weighted by molar-refractivity contribution is -0.137. The molecule has 0 atom stereocenters. The topological polar surface area (TPSA) is 94.5 Å². The minimum Gasteiger partial charge on any atom is -0.343 e. The van der Waals surface area contributed by atoms with Crippen LogP contribution in [0, 0.1) is 76.2 Å². The number of hydrogen-bond acceptors (Lipinski definition) is 4. The number of aromatic nitrogens is 4. The fourth-order valence-electron chi connectivity index (χ4n) is 10.7. The van der Waals surface area contributed by atoms with Crippen LogP contribution in [0.5, 0.6) is 0 Å². The lowest BCUT2D eigenvalue weighted by atomic mass is 9.98. The minimum absolute atomic E-state index is 0.178. The molecular formula is C60H68N6O4. The van der Waals surface area contributed by atoms with Crippen molar-refractivity contribution in [1.82, 2.24) is 28.1 Å². The highest BCUT2D eigenvalue weighted by molar-refractivity contribution is 6.37. The first-order chi connectivity index (χ1) is 33.0. The highest BCUT2D eigenvalue weighted by atomic mass is 16.2. The van der Waals surface area contributed by atoms with E-state index in [2.05, 4.69) is 167 Å². The van der Waals surface area contributed by atoms with Gasteiger partial charge < -0.3 is 18.3 Å². The number of fused-ring (bicyclic) bond motifs is 4. The second-order valence-corrected chi connectivity index (χ2v) is 19.9. The summed E-state index contributed by atoms with van der Waals surface area (Å²) < 4.78 is 9.67. The van der Waals surface area contributed by atoms with Gasteiger partial charge in [0.15, 0.2) is 0 Å². The molecule has 0 fully saturated rings. The van der Waals surface area contributed by atoms with E-state index in [0.29, 0.717) is 22.3 Å². The van der Waals surface area contributed by atoms with Gasteiger partial charge in [-0.05, 0) is 162 Å². The Balaban J connectivity index is 0.000000161. The molecule has 0 spiro atoms. The third-order valence-electron chi connectivity index (χ3n) is 15.5. The molecular weight excluding hydrogens is 869 g/mol. The minimum atomic E-state index is -0.218. The van der Waals surface area contributed by atoms with E-state index in [9.17, 15) is 19.2 Å². The summed E-state index contributed by atoms with van der Waals surface area (Å²) in [6, 6.07) is 26.7. The van der Waals surface area contributed by atoms with Crippen molar-refractivity contribution >= 4 is 72.8 Å². The molecule has 0 saturated carbocycles. The standard InChI is InChI=1S/C29H31N3O2.C24H28N2.C7H9NO2/c1-16-8-10-24-22(14-16)18(3)20(5)31(24)12-13-32-21(6)27(23-15-17(2)9-11-25(23)32)26-19(4)28(33)30(7)29(26)34;1-15-7-9-23-21(13-15)17(3)19(5)25(23)11-12-26-20(6)18(4)22-14-16(2)8-10-24(22)26;1-4-5(2)7(10)8(3)6(4)9/h8-11,14-15H,12-13H2,1-7H3;7-10,13-14H,11-12H2,1-6H3;1-3H3. The van der Waals surface area contributed by atoms with Crippen LogP contribution in [0.1, 0.15) is 88.1 Å². The Kier molecular flexibility index (Phi) is 13.1. The van der Waals surface area contributed by atoms with Crippen LogP contribution in [-0.2, 0) is 45.4 Å². The van der Waals surface area contributed by atoms with E-state index < -0.39 is 0 Å². The first-order valence-electron chi connectivity index (χ1n) is 24.4. The Bertz CT molecular complexity index is 3480. The summed E-state index contributed by atoms with van der Waals surface area (Å²) in [6.45, 7) is 32.7. The molecule has 6 heterocycles. The van der Waals surface area contributed by atoms with E-state index in [-0.39, 0.29) is 23.6 Å². The summed E-state index contributed by atoms with van der Waals surface area (Å²) >= 11 is 0. The van der Waals surface area contributed by atoms with Gasteiger partial charge in [-0.1, -0.05) is 46.5 Å². The number of rotatable bonds is 7. The summed E-state index contributed by atoms with van der Waals surface area (Å²) in [6.07, 6.45) is 0. The number of benzene rings is 4. The van der Waals surface area contributed by atoms with Crippen LogP contribution < -0.4 is 0 Å². The molecule has 0 saturated heterocycles. The van der Waals surface area contributed by atoms with E-state index in [0.717, 1.165) is 58.8 Å². The molecule has 4 aromatic heterocycles. The van der Waals surface area contributed by atoms with Crippen molar-refractivity contribution in [3.63, 3.8) is 0 Å². The van der Waals surface area contributed by atoms with Crippen LogP contribution in [0.25, 0.3) is 49.2 Å². The van der Waals surface area contributed by atoms with Gasteiger partial charge in [0, 0.05) is 129 Å². The highest BCUT2D eigenvalue weighted by Gasteiger charge is 2.36. The van der Waals surface area contributed by atoms with E-state index in [1.54, 1.807) is 27.8 Å². The lowest BCUT2D eigenvalue weighted by Crippen LogP contribution is -2.26. The summed E-state index contributed by atoms with van der Waals surface area (Å²) in [5.74, 6) is -0.789. The Morgan fingerprint density at radius 3 is 0.886 bits per heavy atom. The first-order valence-corrected chi connectivity index (χ1v) is 24.4. The maximum atomic E-state index is 13.1. The maximum Gasteiger partial charge on any atom is 0.261 e. The van der Waals surface area contributed by atoms with Gasteiger partial charge in [-0.3, -0.25) is 29.0 Å². The summed E-state index contributed by atoms with van der Waals surface area (Å²) in [7, 11) is 3.05. The predicted octanol–water partition coefficient (Wildman–Crippen LogP) is 12.1. The van der Waals surface area contributed by atoms with Gasteiger partial charge in [-0.2, -0.15) is 0 Å². The van der Waals surface area contributed by atoms with Crippen molar-refractivity contribution in [3.05, 3.63) is 157 Å². The average molecular weight is 937 g/mol. The maximum absolute atomic E-state index is 13.1. The molecule has 2 aliphatic rings. The number of amides is 4. The van der Waals surface area contributed by atoms with E-state index in [1.807, 2.05) is 0 Å². The van der Waals surface area contributed by atoms with Crippen molar-refractivity contribution in [2.45, 2.75) is 123 Å². The van der Waals surface area contributed by atoms with Crippen molar-refractivity contribution in [3.8, 4) is 0 Å². The van der Waals surface area contributed by atoms with Crippen LogP contribution in [0.15, 0.2) is 89.5 Å². The zero-order valence-electron chi connectivity index (χ0n) is 44.1. The largest absolute Gasteiger partial charge is 0.343 e. The number of hydrogen-bond donors (Lipinski definition) is 0. The molecule has 0 radical (unpaired) electrons. The van der Waals surface area contributed by atoms with E-state index >= 15 is 0 Å². The molecule has 362 valence electrons. The van der Waals surface area contributed by atoms with Crippen LogP contribution in [0.3, 0.4) is 0 Å². The van der Waals surface area contributed by atoms with Gasteiger partial charge >= 0.3 is 0 Å². The Hall–Kier alpha value is -7.20. The molecule has 8 aromatic rings. The lowest BCUT2D eigenvalue weighted by Gasteiger charge is -2.13. The van der Waals surface area contributed by atoms with Crippen LogP contribution in [0.2, 0.25) is 0 Å². The van der Waals surface area contributed by atoms with Crippen molar-refractivity contribution in [2.75, 3.05) is 14.1 Å². The van der Waals surface area contributed by atoms with Gasteiger partial charge in [0.25, 0.3) is 23.6 Å². The second-order valence-electron chi connectivity index (χ2n) is 19.9. The van der Waals surface area contributed by atoms with Crippen molar-refractivity contribution in [1.29, 1.82) is 0 Å². The second kappa shape index (κ2) is 18.6. The smallest absolute Gasteiger partial charge is 0.261 e. The normalized spacial score (nSPS) is 14.2. The summed E-state index contributed by atoms with van der Waals surface area (Å²) in [4.78, 5) is 49.9. The monoisotopic (exact) mass is 937 g/mol. The Labute approximate surface area is 412 Å². The van der Waals surface area contributed by atoms with Crippen LogP contribution >= 0.6 is 0 Å². The summed E-state index contributed by atoms with van der Waals surface area (Å²) in [5, 5.41) is 5.12. The summed E-state index contributed by atoms with van der Waals surface area (Å²) in [5.41, 5.74) is 22.4. The first kappa shape index (κ1) is 49.2. The van der Waals surface area contributed by atoms with Crippen LogP contribution in [-0.4, -0.2) is 65.8 Å². The van der Waals surface area contributed by atoms with E-state index in [4.69, 9.17) is 0 Å². The van der Waals surface area contributed by atoms with Gasteiger partial charge in [-0.15, -0.1) is 0 Å². The molecule has 70 heavy (non-hydrogen) atoms. The Morgan fingerprint density at radius 2 is 0.600 bits per heavy atom. The third-order valence-corrected chi connectivity index (χ3v) is 15.5. The zero-order chi connectivity index (χ0) is 50.9. The molecule has 4 aromatic carbocycles. The van der Waals surface area contributed by atoms with Crippen molar-refractivity contribution in [2.24, 2.45) is 0 Å². The van der Waals surface area contributed by atoms with Gasteiger partial charge in [0.05, 0.1) is 5.57 Å². The fraction of sp³-hybridized carbons (Fsp3) is 0.333. The molecule has 0 aliphatic carbocycles. The number of imide groups is 2. The molecule has 0 unspecified atom stereocenters. The predicted molar refractivity (Wildman–Crippen MR) is 286 cm³/mol. The number of nitrogens with zero attached hydrogens (tertiary/aromatic N) is 6. The molecule has 10 nitrogen and oxygen atoms in total.